The normalized spacial score (nSPS) is 26.1. The molecule has 1 aromatic rings. The average Bonchev–Trinajstić information content (AvgIpc) is 2.60. The lowest BCUT2D eigenvalue weighted by Gasteiger charge is -2.43. The molecule has 4 N–H and O–H groups in total. The van der Waals surface area contributed by atoms with Crippen LogP contribution in [0.4, 0.5) is 0 Å². The quantitative estimate of drug-likeness (QED) is 0.661. The Balaban J connectivity index is 0.00000182. The topological polar surface area (TPSA) is 97.1 Å². The van der Waals surface area contributed by atoms with Crippen LogP contribution < -0.4 is 16.4 Å². The van der Waals surface area contributed by atoms with Crippen LogP contribution in [0, 0.1) is 17.8 Å². The second kappa shape index (κ2) is 11.5. The van der Waals surface area contributed by atoms with Gasteiger partial charge >= 0.3 is 0 Å². The number of hydrogen-bond acceptors (Lipinski definition) is 4. The van der Waals surface area contributed by atoms with Gasteiger partial charge in [-0.3, -0.25) is 14.6 Å². The molecule has 2 saturated carbocycles. The Hall–Kier alpha value is -1.37. The molecule has 2 atom stereocenters. The second-order valence-electron chi connectivity index (χ2n) is 7.38. The number of carbonyl (C=O) groups is 2. The van der Waals surface area contributed by atoms with E-state index >= 15 is 0 Å². The molecule has 2 unspecified atom stereocenters. The summed E-state index contributed by atoms with van der Waals surface area (Å²) in [6.45, 7) is 0.847. The van der Waals surface area contributed by atoms with E-state index in [2.05, 4.69) is 15.6 Å². The van der Waals surface area contributed by atoms with Crippen LogP contribution in [0.1, 0.15) is 44.1 Å². The van der Waals surface area contributed by atoms with Gasteiger partial charge in [0.25, 0.3) is 0 Å². The van der Waals surface area contributed by atoms with Gasteiger partial charge in [0.15, 0.2) is 0 Å². The van der Waals surface area contributed by atoms with Crippen LogP contribution in [0.15, 0.2) is 24.5 Å². The molecular weight excluding hydrogens is 387 g/mol. The first-order valence-corrected chi connectivity index (χ1v) is 9.32. The molecule has 1 aromatic heterocycles. The van der Waals surface area contributed by atoms with Crippen LogP contribution in [-0.2, 0) is 16.1 Å². The molecule has 2 fully saturated rings. The zero-order valence-corrected chi connectivity index (χ0v) is 17.1. The first-order valence-electron chi connectivity index (χ1n) is 9.32. The fourth-order valence-electron chi connectivity index (χ4n) is 4.24. The second-order valence-corrected chi connectivity index (χ2v) is 7.38. The predicted molar refractivity (Wildman–Crippen MR) is 110 cm³/mol. The molecule has 1 heterocycles. The van der Waals surface area contributed by atoms with Gasteiger partial charge in [-0.1, -0.05) is 12.5 Å². The van der Waals surface area contributed by atoms with Crippen molar-refractivity contribution in [3.8, 4) is 0 Å². The maximum atomic E-state index is 12.4. The maximum absolute atomic E-state index is 12.4. The standard InChI is InChI=1S/C19H28N4O2.2ClH/c20-18-14-4-1-5-15(18)10-16(9-14)19(25)22-8-6-17(24)23-12-13-3-2-7-21-11-13;;/h2-3,7,11,14-16,18H,1,4-6,8-10,12,20H2,(H,22,25)(H,23,24);2*1H. The molecule has 0 saturated heterocycles. The first-order chi connectivity index (χ1) is 12.1. The van der Waals surface area contributed by atoms with Crippen molar-refractivity contribution in [2.24, 2.45) is 23.5 Å². The number of carbonyl (C=O) groups excluding carboxylic acids is 2. The Kier molecular flexibility index (Phi) is 10.1. The number of fused-ring (bicyclic) bond motifs is 2. The van der Waals surface area contributed by atoms with E-state index in [0.717, 1.165) is 31.2 Å². The molecule has 2 aliphatic rings. The highest BCUT2D eigenvalue weighted by Gasteiger charge is 2.40. The van der Waals surface area contributed by atoms with Crippen LogP contribution >= 0.6 is 24.8 Å². The molecular formula is C19H30Cl2N4O2. The molecule has 6 nitrogen and oxygen atoms in total. The van der Waals surface area contributed by atoms with Gasteiger partial charge in [0.2, 0.25) is 11.8 Å². The number of amides is 2. The lowest BCUT2D eigenvalue weighted by Crippen LogP contribution is -2.49. The number of nitrogens with zero attached hydrogens (tertiary/aromatic N) is 1. The Labute approximate surface area is 173 Å². The third kappa shape index (κ3) is 6.63. The molecule has 0 aliphatic heterocycles. The molecule has 2 bridgehead atoms. The van der Waals surface area contributed by atoms with Crippen LogP contribution in [-0.4, -0.2) is 29.4 Å². The monoisotopic (exact) mass is 416 g/mol. The lowest BCUT2D eigenvalue weighted by atomic mass is 9.65. The number of rotatable bonds is 6. The van der Waals surface area contributed by atoms with Crippen molar-refractivity contribution in [1.82, 2.24) is 15.6 Å². The number of aromatic nitrogens is 1. The van der Waals surface area contributed by atoms with Gasteiger partial charge in [-0.05, 0) is 49.1 Å². The van der Waals surface area contributed by atoms with Crippen molar-refractivity contribution in [2.45, 2.75) is 51.1 Å². The van der Waals surface area contributed by atoms with Gasteiger partial charge in [0.05, 0.1) is 0 Å². The summed E-state index contributed by atoms with van der Waals surface area (Å²) >= 11 is 0. The zero-order chi connectivity index (χ0) is 17.6. The summed E-state index contributed by atoms with van der Waals surface area (Å²) in [5, 5.41) is 5.78. The largest absolute Gasteiger partial charge is 0.355 e. The van der Waals surface area contributed by atoms with E-state index in [-0.39, 0.29) is 48.6 Å². The minimum absolute atomic E-state index is 0. The summed E-state index contributed by atoms with van der Waals surface area (Å²) in [5.74, 6) is 1.07. The fraction of sp³-hybridized carbons (Fsp3) is 0.632. The summed E-state index contributed by atoms with van der Waals surface area (Å²) < 4.78 is 0. The Morgan fingerprint density at radius 2 is 1.85 bits per heavy atom. The molecule has 2 aliphatic carbocycles. The molecule has 0 radical (unpaired) electrons. The lowest BCUT2D eigenvalue weighted by molar-refractivity contribution is -0.128. The average molecular weight is 417 g/mol. The minimum Gasteiger partial charge on any atom is -0.355 e. The SMILES string of the molecule is Cl.Cl.NC1C2CCCC1CC(C(=O)NCCC(=O)NCc1cccnc1)C2. The zero-order valence-electron chi connectivity index (χ0n) is 15.4. The number of nitrogens with one attached hydrogen (secondary N) is 2. The highest BCUT2D eigenvalue weighted by Crippen LogP contribution is 2.41. The third-order valence-electron chi connectivity index (χ3n) is 5.65. The van der Waals surface area contributed by atoms with Gasteiger partial charge in [0.1, 0.15) is 0 Å². The van der Waals surface area contributed by atoms with Crippen LogP contribution in [0.2, 0.25) is 0 Å². The van der Waals surface area contributed by atoms with E-state index in [1.54, 1.807) is 12.4 Å². The van der Waals surface area contributed by atoms with Crippen LogP contribution in [0.25, 0.3) is 0 Å². The molecule has 0 aromatic carbocycles. The van der Waals surface area contributed by atoms with Gasteiger partial charge in [-0.2, -0.15) is 0 Å². The van der Waals surface area contributed by atoms with Crippen molar-refractivity contribution in [3.05, 3.63) is 30.1 Å². The smallest absolute Gasteiger partial charge is 0.223 e. The minimum atomic E-state index is -0.0633. The highest BCUT2D eigenvalue weighted by atomic mass is 35.5. The molecule has 0 spiro atoms. The molecule has 152 valence electrons. The van der Waals surface area contributed by atoms with Gasteiger partial charge in [-0.25, -0.2) is 0 Å². The van der Waals surface area contributed by atoms with Crippen molar-refractivity contribution in [1.29, 1.82) is 0 Å². The van der Waals surface area contributed by atoms with Crippen molar-refractivity contribution < 1.29 is 9.59 Å². The van der Waals surface area contributed by atoms with E-state index < -0.39 is 0 Å². The molecule has 27 heavy (non-hydrogen) atoms. The number of halogens is 2. The van der Waals surface area contributed by atoms with Gasteiger partial charge in [-0.15, -0.1) is 24.8 Å². The van der Waals surface area contributed by atoms with E-state index in [0.29, 0.717) is 31.3 Å². The third-order valence-corrected chi connectivity index (χ3v) is 5.65. The predicted octanol–water partition coefficient (Wildman–Crippen LogP) is 2.20. The first kappa shape index (κ1) is 23.7. The van der Waals surface area contributed by atoms with E-state index in [9.17, 15) is 9.59 Å². The van der Waals surface area contributed by atoms with Gasteiger partial charge < -0.3 is 16.4 Å². The summed E-state index contributed by atoms with van der Waals surface area (Å²) in [6.07, 6.45) is 9.07. The Morgan fingerprint density at radius 3 is 2.48 bits per heavy atom. The summed E-state index contributed by atoms with van der Waals surface area (Å²) in [5.41, 5.74) is 7.24. The van der Waals surface area contributed by atoms with Crippen molar-refractivity contribution in [2.75, 3.05) is 6.54 Å². The van der Waals surface area contributed by atoms with Crippen molar-refractivity contribution in [3.63, 3.8) is 0 Å². The maximum Gasteiger partial charge on any atom is 0.223 e. The Bertz CT molecular complexity index is 589. The van der Waals surface area contributed by atoms with Crippen LogP contribution in [0.5, 0.6) is 0 Å². The Morgan fingerprint density at radius 1 is 1.15 bits per heavy atom. The molecule has 8 heteroatoms. The van der Waals surface area contributed by atoms with E-state index in [1.807, 2.05) is 12.1 Å². The number of pyridine rings is 1. The van der Waals surface area contributed by atoms with E-state index in [4.69, 9.17) is 5.73 Å². The molecule has 2 amide bonds. The highest BCUT2D eigenvalue weighted by molar-refractivity contribution is 5.85. The number of hydrogen-bond donors (Lipinski definition) is 3. The molecule has 3 rings (SSSR count). The number of nitrogens with two attached hydrogens (primary N) is 1. The fourth-order valence-corrected chi connectivity index (χ4v) is 4.24. The summed E-state index contributed by atoms with van der Waals surface area (Å²) in [4.78, 5) is 28.3. The van der Waals surface area contributed by atoms with Crippen LogP contribution in [0.3, 0.4) is 0 Å². The van der Waals surface area contributed by atoms with E-state index in [1.165, 1.54) is 6.42 Å². The van der Waals surface area contributed by atoms with Gasteiger partial charge in [0, 0.05) is 43.9 Å². The van der Waals surface area contributed by atoms with Crippen molar-refractivity contribution >= 4 is 36.6 Å². The summed E-state index contributed by atoms with van der Waals surface area (Å²) in [7, 11) is 0. The summed E-state index contributed by atoms with van der Waals surface area (Å²) in [6, 6.07) is 4.03.